The summed E-state index contributed by atoms with van der Waals surface area (Å²) in [6.45, 7) is 0. The fourth-order valence-corrected chi connectivity index (χ4v) is 5.34. The van der Waals surface area contributed by atoms with E-state index in [2.05, 4.69) is 0 Å². The molecule has 0 aromatic heterocycles. The lowest BCUT2D eigenvalue weighted by Crippen LogP contribution is -2.34. The van der Waals surface area contributed by atoms with Crippen LogP contribution in [0.4, 0.5) is 4.79 Å². The molecule has 0 N–H and O–H groups in total. The number of hydrogen-bond donors (Lipinski definition) is 0. The second-order valence-corrected chi connectivity index (χ2v) is 13.7. The highest BCUT2D eigenvalue weighted by molar-refractivity contribution is 6.67. The third-order valence-corrected chi connectivity index (χ3v) is 7.40. The highest BCUT2D eigenvalue weighted by Crippen LogP contribution is 2.38. The molecule has 0 heterocycles. The van der Waals surface area contributed by atoms with E-state index in [1.54, 1.807) is 0 Å². The van der Waals surface area contributed by atoms with Crippen LogP contribution < -0.4 is 0 Å². The van der Waals surface area contributed by atoms with Gasteiger partial charge in [0.1, 0.15) is 12.2 Å². The lowest BCUT2D eigenvalue weighted by atomic mass is 9.83. The molecular weight excluding hydrogens is 513 g/mol. The standard InChI is InChI=1S/C21H32Cl6O3/c22-20(23,24)13-11-17(15-7-3-1-4-8-15)29-19(28)30-18(12-14-21(25,26)27)16-9-5-2-6-10-16/h15-18H,1-14H2. The number of hydrogen-bond acceptors (Lipinski definition) is 3. The minimum absolute atomic E-state index is 0.271. The zero-order valence-corrected chi connectivity index (χ0v) is 21.7. The topological polar surface area (TPSA) is 35.5 Å². The molecule has 0 saturated heterocycles. The van der Waals surface area contributed by atoms with Crippen molar-refractivity contribution in [3.63, 3.8) is 0 Å². The number of ether oxygens (including phenoxy) is 2. The summed E-state index contributed by atoms with van der Waals surface area (Å²) in [5.41, 5.74) is 0. The van der Waals surface area contributed by atoms with Crippen molar-refractivity contribution in [1.82, 2.24) is 0 Å². The van der Waals surface area contributed by atoms with E-state index in [-0.39, 0.29) is 24.0 Å². The van der Waals surface area contributed by atoms with Crippen LogP contribution in [0.25, 0.3) is 0 Å². The maximum absolute atomic E-state index is 12.8. The first-order valence-corrected chi connectivity index (χ1v) is 13.3. The Morgan fingerprint density at radius 2 is 1.00 bits per heavy atom. The van der Waals surface area contributed by atoms with Crippen LogP contribution in [-0.4, -0.2) is 25.9 Å². The number of halogens is 6. The van der Waals surface area contributed by atoms with Crippen molar-refractivity contribution in [2.75, 3.05) is 0 Å². The van der Waals surface area contributed by atoms with E-state index >= 15 is 0 Å². The lowest BCUT2D eigenvalue weighted by Gasteiger charge is -2.33. The van der Waals surface area contributed by atoms with Gasteiger partial charge in [0.05, 0.1) is 0 Å². The molecule has 3 nitrogen and oxygen atoms in total. The van der Waals surface area contributed by atoms with Crippen molar-refractivity contribution in [1.29, 1.82) is 0 Å². The largest absolute Gasteiger partial charge is 0.508 e. The Hall–Kier alpha value is 1.01. The molecule has 0 aromatic carbocycles. The summed E-state index contributed by atoms with van der Waals surface area (Å²) in [5.74, 6) is 0.543. The minimum Gasteiger partial charge on any atom is -0.431 e. The van der Waals surface area contributed by atoms with Gasteiger partial charge in [0.25, 0.3) is 0 Å². The summed E-state index contributed by atoms with van der Waals surface area (Å²) in [7, 11) is 0. The molecule has 0 bridgehead atoms. The maximum atomic E-state index is 12.8. The van der Waals surface area contributed by atoms with Crippen LogP contribution >= 0.6 is 69.6 Å². The van der Waals surface area contributed by atoms with E-state index in [0.29, 0.717) is 25.7 Å². The maximum Gasteiger partial charge on any atom is 0.508 e. The second-order valence-electron chi connectivity index (χ2n) is 8.67. The van der Waals surface area contributed by atoms with E-state index in [1.807, 2.05) is 0 Å². The quantitative estimate of drug-likeness (QED) is 0.225. The Morgan fingerprint density at radius 1 is 0.667 bits per heavy atom. The first-order valence-electron chi connectivity index (χ1n) is 11.0. The van der Waals surface area contributed by atoms with E-state index in [0.717, 1.165) is 51.4 Å². The van der Waals surface area contributed by atoms with Crippen LogP contribution in [0.3, 0.4) is 0 Å². The summed E-state index contributed by atoms with van der Waals surface area (Å²) < 4.78 is 8.87. The first kappa shape index (κ1) is 27.3. The van der Waals surface area contributed by atoms with Crippen molar-refractivity contribution in [3.05, 3.63) is 0 Å². The monoisotopic (exact) mass is 542 g/mol. The van der Waals surface area contributed by atoms with Crippen LogP contribution in [-0.2, 0) is 9.47 Å². The van der Waals surface area contributed by atoms with E-state index in [9.17, 15) is 4.79 Å². The van der Waals surface area contributed by atoms with Crippen molar-refractivity contribution in [2.24, 2.45) is 11.8 Å². The highest BCUT2D eigenvalue weighted by atomic mass is 35.6. The van der Waals surface area contributed by atoms with E-state index < -0.39 is 13.7 Å². The number of carbonyl (C=O) groups is 1. The number of rotatable bonds is 8. The van der Waals surface area contributed by atoms with Gasteiger partial charge in [-0.3, -0.25) is 0 Å². The van der Waals surface area contributed by atoms with Gasteiger partial charge in [0.2, 0.25) is 0 Å². The summed E-state index contributed by atoms with van der Waals surface area (Å²) in [6, 6.07) is 0. The van der Waals surface area contributed by atoms with Gasteiger partial charge in [-0.2, -0.15) is 0 Å². The Kier molecular flexibility index (Phi) is 11.8. The van der Waals surface area contributed by atoms with Crippen LogP contribution in [0, 0.1) is 11.8 Å². The molecule has 30 heavy (non-hydrogen) atoms. The fraction of sp³-hybridized carbons (Fsp3) is 0.952. The van der Waals surface area contributed by atoms with E-state index in [1.165, 1.54) is 12.8 Å². The Bertz CT molecular complexity index is 464. The molecular formula is C21H32Cl6O3. The smallest absolute Gasteiger partial charge is 0.431 e. The molecule has 0 radical (unpaired) electrons. The highest BCUT2D eigenvalue weighted by Gasteiger charge is 2.34. The summed E-state index contributed by atoms with van der Waals surface area (Å²) in [5, 5.41) is 0. The van der Waals surface area contributed by atoms with Gasteiger partial charge >= 0.3 is 6.16 Å². The molecule has 2 atom stereocenters. The van der Waals surface area contributed by atoms with Gasteiger partial charge < -0.3 is 9.47 Å². The second kappa shape index (κ2) is 13.0. The summed E-state index contributed by atoms with van der Waals surface area (Å²) in [6.07, 6.45) is 11.3. The van der Waals surface area contributed by atoms with Crippen molar-refractivity contribution >= 4 is 75.8 Å². The minimum atomic E-state index is -1.37. The van der Waals surface area contributed by atoms with Gasteiger partial charge in [-0.1, -0.05) is 108 Å². The number of alkyl halides is 6. The van der Waals surface area contributed by atoms with Crippen LogP contribution in [0.1, 0.15) is 89.9 Å². The third-order valence-electron chi connectivity index (χ3n) is 6.27. The Morgan fingerprint density at radius 3 is 1.30 bits per heavy atom. The predicted octanol–water partition coefficient (Wildman–Crippen LogP) is 9.34. The average molecular weight is 545 g/mol. The normalized spacial score (nSPS) is 21.8. The summed E-state index contributed by atoms with van der Waals surface area (Å²) in [4.78, 5) is 12.8. The van der Waals surface area contributed by atoms with Gasteiger partial charge in [-0.25, -0.2) is 4.79 Å². The number of carbonyl (C=O) groups excluding carboxylic acids is 1. The molecule has 2 fully saturated rings. The molecule has 2 saturated carbocycles. The van der Waals surface area contributed by atoms with Crippen LogP contribution in [0.15, 0.2) is 0 Å². The fourth-order valence-electron chi connectivity index (χ4n) is 4.68. The van der Waals surface area contributed by atoms with Gasteiger partial charge in [0, 0.05) is 0 Å². The lowest BCUT2D eigenvalue weighted by molar-refractivity contribution is -0.0448. The van der Waals surface area contributed by atoms with Crippen LogP contribution in [0.2, 0.25) is 0 Å². The Labute approximate surface area is 210 Å². The van der Waals surface area contributed by atoms with Crippen molar-refractivity contribution in [2.45, 2.75) is 110 Å². The molecule has 0 amide bonds. The Balaban J connectivity index is 1.98. The summed E-state index contributed by atoms with van der Waals surface area (Å²) >= 11 is 35.7. The van der Waals surface area contributed by atoms with Crippen molar-refractivity contribution < 1.29 is 14.3 Å². The van der Waals surface area contributed by atoms with E-state index in [4.69, 9.17) is 79.1 Å². The molecule has 9 heteroatoms. The predicted molar refractivity (Wildman–Crippen MR) is 127 cm³/mol. The molecule has 0 aromatic rings. The van der Waals surface area contributed by atoms with Crippen molar-refractivity contribution in [3.8, 4) is 0 Å². The van der Waals surface area contributed by atoms with Gasteiger partial charge in [-0.15, -0.1) is 0 Å². The SMILES string of the molecule is O=C(OC(CCC(Cl)(Cl)Cl)C1CCCCC1)OC(CCC(Cl)(Cl)Cl)C1CCCCC1. The zero-order chi connectivity index (χ0) is 22.2. The molecule has 2 aliphatic carbocycles. The van der Waals surface area contributed by atoms with Gasteiger partial charge in [-0.05, 0) is 63.2 Å². The zero-order valence-electron chi connectivity index (χ0n) is 17.2. The average Bonchev–Trinajstić information content (AvgIpc) is 2.68. The molecule has 2 aliphatic rings. The molecule has 0 spiro atoms. The molecule has 176 valence electrons. The third kappa shape index (κ3) is 11.2. The molecule has 0 aliphatic heterocycles. The van der Waals surface area contributed by atoms with Gasteiger partial charge in [0.15, 0.2) is 7.59 Å². The van der Waals surface area contributed by atoms with Crippen LogP contribution in [0.5, 0.6) is 0 Å². The molecule has 2 rings (SSSR count). The first-order chi connectivity index (χ1) is 14.0. The molecule has 2 unspecified atom stereocenters.